The predicted molar refractivity (Wildman–Crippen MR) is 131 cm³/mol. The molecule has 0 radical (unpaired) electrons. The van der Waals surface area contributed by atoms with Crippen LogP contribution in [-0.2, 0) is 0 Å². The zero-order valence-electron chi connectivity index (χ0n) is 17.4. The summed E-state index contributed by atoms with van der Waals surface area (Å²) in [5.41, 5.74) is 6.78. The average Bonchev–Trinajstić information content (AvgIpc) is 3.35. The first kappa shape index (κ1) is 19.3. The Hall–Kier alpha value is -2.71. The Morgan fingerprint density at radius 3 is 2.63 bits per heavy atom. The van der Waals surface area contributed by atoms with Gasteiger partial charge >= 0.3 is 0 Å². The van der Waals surface area contributed by atoms with E-state index < -0.39 is 0 Å². The third kappa shape index (κ3) is 3.61. The van der Waals surface area contributed by atoms with Gasteiger partial charge in [-0.05, 0) is 72.9 Å². The van der Waals surface area contributed by atoms with Gasteiger partial charge in [0, 0.05) is 33.1 Å². The van der Waals surface area contributed by atoms with E-state index in [4.69, 9.17) is 0 Å². The quantitative estimate of drug-likeness (QED) is 0.309. The van der Waals surface area contributed by atoms with Gasteiger partial charge in [0.15, 0.2) is 0 Å². The highest BCUT2D eigenvalue weighted by Crippen LogP contribution is 2.52. The van der Waals surface area contributed by atoms with E-state index in [-0.39, 0.29) is 0 Å². The summed E-state index contributed by atoms with van der Waals surface area (Å²) in [5.74, 6) is 0.651. The van der Waals surface area contributed by atoms with Crippen LogP contribution in [0.1, 0.15) is 41.9 Å². The number of thioether (sulfide) groups is 1. The van der Waals surface area contributed by atoms with Gasteiger partial charge in [-0.2, -0.15) is 0 Å². The fourth-order valence-electron chi connectivity index (χ4n) is 4.94. The summed E-state index contributed by atoms with van der Waals surface area (Å²) in [6.07, 6.45) is 8.26. The van der Waals surface area contributed by atoms with Gasteiger partial charge in [-0.3, -0.25) is 0 Å². The number of anilines is 2. The molecule has 0 saturated heterocycles. The Morgan fingerprint density at radius 2 is 1.80 bits per heavy atom. The molecule has 1 aliphatic carbocycles. The number of rotatable bonds is 5. The Morgan fingerprint density at radius 1 is 1.00 bits per heavy atom. The van der Waals surface area contributed by atoms with Crippen molar-refractivity contribution >= 4 is 29.2 Å². The van der Waals surface area contributed by atoms with Crippen LogP contribution in [0.15, 0.2) is 95.3 Å². The molecular formula is C28H27NS. The van der Waals surface area contributed by atoms with E-state index in [9.17, 15) is 0 Å². The number of hydrogen-bond acceptors (Lipinski definition) is 2. The lowest BCUT2D eigenvalue weighted by Crippen LogP contribution is -2.26. The van der Waals surface area contributed by atoms with Crippen LogP contribution in [0, 0.1) is 6.92 Å². The maximum atomic E-state index is 4.25. The molecule has 2 aliphatic rings. The first-order chi connectivity index (χ1) is 14.7. The lowest BCUT2D eigenvalue weighted by molar-refractivity contribution is 0.642. The van der Waals surface area contributed by atoms with E-state index >= 15 is 0 Å². The van der Waals surface area contributed by atoms with Gasteiger partial charge in [-0.1, -0.05) is 73.3 Å². The van der Waals surface area contributed by atoms with E-state index in [1.165, 1.54) is 52.2 Å². The third-order valence-corrected chi connectivity index (χ3v) is 7.43. The summed E-state index contributed by atoms with van der Waals surface area (Å²) in [4.78, 5) is 4.91. The number of hydrogen-bond donors (Lipinski definition) is 0. The van der Waals surface area contributed by atoms with Gasteiger partial charge in [0.05, 0.1) is 0 Å². The minimum Gasteiger partial charge on any atom is -0.338 e. The molecular weight excluding hydrogens is 382 g/mol. The van der Waals surface area contributed by atoms with Gasteiger partial charge < -0.3 is 4.90 Å². The first-order valence-corrected chi connectivity index (χ1v) is 11.6. The SMILES string of the molecule is C=C(/C=C/c1ccc2c(c1)C1CCCC1N2c1ccccc1)Sc1ccccc1C. The molecule has 1 fully saturated rings. The van der Waals surface area contributed by atoms with Gasteiger partial charge in [-0.15, -0.1) is 0 Å². The molecule has 3 aromatic carbocycles. The molecule has 3 aromatic rings. The minimum atomic E-state index is 0.605. The molecule has 0 aromatic heterocycles. The van der Waals surface area contributed by atoms with Crippen molar-refractivity contribution in [2.75, 3.05) is 4.90 Å². The number of allylic oxidation sites excluding steroid dienone is 1. The number of nitrogens with zero attached hydrogens (tertiary/aromatic N) is 1. The van der Waals surface area contributed by atoms with Crippen molar-refractivity contribution in [3.63, 3.8) is 0 Å². The van der Waals surface area contributed by atoms with Crippen molar-refractivity contribution in [2.45, 2.75) is 43.0 Å². The van der Waals surface area contributed by atoms with Crippen molar-refractivity contribution in [1.82, 2.24) is 0 Å². The summed E-state index contributed by atoms with van der Waals surface area (Å²) in [6.45, 7) is 6.40. The second kappa shape index (κ2) is 8.20. The van der Waals surface area contributed by atoms with Crippen LogP contribution < -0.4 is 4.90 Å². The molecule has 5 rings (SSSR count). The van der Waals surface area contributed by atoms with Crippen LogP contribution in [0.4, 0.5) is 11.4 Å². The molecule has 30 heavy (non-hydrogen) atoms. The smallest absolute Gasteiger partial charge is 0.0450 e. The Kier molecular flexibility index (Phi) is 5.26. The van der Waals surface area contributed by atoms with Gasteiger partial charge in [0.25, 0.3) is 0 Å². The summed E-state index contributed by atoms with van der Waals surface area (Å²) in [5, 5.41) is 0. The number of aryl methyl sites for hydroxylation is 1. The zero-order chi connectivity index (χ0) is 20.5. The van der Waals surface area contributed by atoms with Crippen LogP contribution in [0.3, 0.4) is 0 Å². The van der Waals surface area contributed by atoms with Gasteiger partial charge in [-0.25, -0.2) is 0 Å². The van der Waals surface area contributed by atoms with Gasteiger partial charge in [0.1, 0.15) is 0 Å². The Bertz CT molecular complexity index is 1100. The summed E-state index contributed by atoms with van der Waals surface area (Å²) in [6, 6.07) is 26.9. The van der Waals surface area contributed by atoms with Crippen molar-refractivity contribution in [1.29, 1.82) is 0 Å². The molecule has 0 amide bonds. The number of fused-ring (bicyclic) bond motifs is 3. The van der Waals surface area contributed by atoms with Crippen molar-refractivity contribution in [3.05, 3.63) is 107 Å². The van der Waals surface area contributed by atoms with Crippen molar-refractivity contribution in [3.8, 4) is 0 Å². The summed E-state index contributed by atoms with van der Waals surface area (Å²) < 4.78 is 0. The molecule has 1 aliphatic heterocycles. The molecule has 2 unspecified atom stereocenters. The molecule has 2 atom stereocenters. The van der Waals surface area contributed by atoms with E-state index in [2.05, 4.69) is 103 Å². The molecule has 0 spiro atoms. The average molecular weight is 410 g/mol. The van der Waals surface area contributed by atoms with E-state index in [0.29, 0.717) is 12.0 Å². The van der Waals surface area contributed by atoms with E-state index in [1.807, 2.05) is 0 Å². The van der Waals surface area contributed by atoms with E-state index in [1.54, 1.807) is 11.8 Å². The predicted octanol–water partition coefficient (Wildman–Crippen LogP) is 8.10. The molecule has 1 saturated carbocycles. The largest absolute Gasteiger partial charge is 0.338 e. The zero-order valence-corrected chi connectivity index (χ0v) is 18.2. The highest BCUT2D eigenvalue weighted by Gasteiger charge is 2.41. The minimum absolute atomic E-state index is 0.605. The van der Waals surface area contributed by atoms with Crippen LogP contribution in [0.25, 0.3) is 6.08 Å². The topological polar surface area (TPSA) is 3.24 Å². The lowest BCUT2D eigenvalue weighted by atomic mass is 9.96. The maximum absolute atomic E-state index is 4.25. The number of benzene rings is 3. The fourth-order valence-corrected chi connectivity index (χ4v) is 5.73. The molecule has 1 heterocycles. The second-order valence-corrected chi connectivity index (χ2v) is 9.46. The van der Waals surface area contributed by atoms with E-state index in [0.717, 1.165) is 4.91 Å². The summed E-state index contributed by atoms with van der Waals surface area (Å²) in [7, 11) is 0. The molecule has 2 heteroatoms. The number of para-hydroxylation sites is 1. The summed E-state index contributed by atoms with van der Waals surface area (Å²) >= 11 is 1.74. The Labute approximate surface area is 184 Å². The van der Waals surface area contributed by atoms with Crippen molar-refractivity contribution in [2.24, 2.45) is 0 Å². The Balaban J connectivity index is 1.39. The monoisotopic (exact) mass is 409 g/mol. The maximum Gasteiger partial charge on any atom is 0.0450 e. The van der Waals surface area contributed by atoms with Crippen LogP contribution in [0.5, 0.6) is 0 Å². The fraction of sp³-hybridized carbons (Fsp3) is 0.214. The van der Waals surface area contributed by atoms with Gasteiger partial charge in [0.2, 0.25) is 0 Å². The van der Waals surface area contributed by atoms with Crippen LogP contribution in [0.2, 0.25) is 0 Å². The molecule has 1 nitrogen and oxygen atoms in total. The molecule has 0 bridgehead atoms. The second-order valence-electron chi connectivity index (χ2n) is 8.30. The normalized spacial score (nSPS) is 19.8. The lowest BCUT2D eigenvalue weighted by Gasteiger charge is -2.27. The molecule has 150 valence electrons. The standard InChI is InChI=1S/C28H27NS/c1-20-9-6-7-14-28(20)30-21(2)15-16-22-17-18-27-25(19-22)24-12-8-13-26(24)29(27)23-10-4-3-5-11-23/h3-7,9-11,14-19,24,26H,2,8,12-13H2,1H3/b16-15+. The molecule has 0 N–H and O–H groups in total. The van der Waals surface area contributed by atoms with Crippen LogP contribution >= 0.6 is 11.8 Å². The first-order valence-electron chi connectivity index (χ1n) is 10.8. The third-order valence-electron chi connectivity index (χ3n) is 6.35. The highest BCUT2D eigenvalue weighted by molar-refractivity contribution is 8.03. The van der Waals surface area contributed by atoms with Crippen LogP contribution in [-0.4, -0.2) is 6.04 Å². The van der Waals surface area contributed by atoms with Crippen molar-refractivity contribution < 1.29 is 0 Å². The highest BCUT2D eigenvalue weighted by atomic mass is 32.2.